The molecule has 1 unspecified atom stereocenters. The summed E-state index contributed by atoms with van der Waals surface area (Å²) < 4.78 is 1.75. The minimum absolute atomic E-state index is 0.0530. The van der Waals surface area contributed by atoms with Crippen molar-refractivity contribution in [2.75, 3.05) is 18.0 Å². The Morgan fingerprint density at radius 1 is 1.27 bits per heavy atom. The third-order valence-corrected chi connectivity index (χ3v) is 5.59. The molecule has 0 spiro atoms. The maximum absolute atomic E-state index is 13.1. The zero-order valence-corrected chi connectivity index (χ0v) is 15.1. The molecule has 2 heterocycles. The van der Waals surface area contributed by atoms with E-state index in [-0.39, 0.29) is 24.0 Å². The molecule has 1 saturated heterocycles. The minimum Gasteiger partial charge on any atom is -0.393 e. The number of carbonyl (C=O) groups excluding carboxylic acids is 1. The molecule has 1 aromatic carbocycles. The van der Waals surface area contributed by atoms with Crippen LogP contribution in [0.2, 0.25) is 0 Å². The van der Waals surface area contributed by atoms with Gasteiger partial charge in [-0.25, -0.2) is 0 Å². The molecule has 6 heteroatoms. The number of aromatic nitrogens is 2. The van der Waals surface area contributed by atoms with E-state index in [2.05, 4.69) is 15.3 Å². The fraction of sp³-hybridized carbons (Fsp3) is 0.500. The van der Waals surface area contributed by atoms with E-state index in [9.17, 15) is 9.90 Å². The average molecular weight is 354 g/mol. The molecule has 26 heavy (non-hydrogen) atoms. The number of nitrogens with one attached hydrogen (secondary N) is 1. The number of aliphatic hydroxyl groups excluding tert-OH is 1. The highest BCUT2D eigenvalue weighted by atomic mass is 16.3. The van der Waals surface area contributed by atoms with Gasteiger partial charge < -0.3 is 15.3 Å². The molecule has 1 aliphatic heterocycles. The Labute approximate surface area is 153 Å². The number of rotatable bonds is 5. The molecule has 1 atom stereocenters. The van der Waals surface area contributed by atoms with E-state index >= 15 is 0 Å². The maximum Gasteiger partial charge on any atom is 0.253 e. The number of hydrogen-bond donors (Lipinski definition) is 2. The second kappa shape index (κ2) is 7.11. The van der Waals surface area contributed by atoms with Crippen LogP contribution in [0.5, 0.6) is 0 Å². The quantitative estimate of drug-likeness (QED) is 0.864. The molecule has 2 fully saturated rings. The fourth-order valence-corrected chi connectivity index (χ4v) is 4.09. The molecular weight excluding hydrogens is 328 g/mol. The summed E-state index contributed by atoms with van der Waals surface area (Å²) in [6.45, 7) is 2.01. The molecule has 1 amide bonds. The Hall–Kier alpha value is -2.34. The maximum atomic E-state index is 13.1. The average Bonchev–Trinajstić information content (AvgIpc) is 3.29. The summed E-state index contributed by atoms with van der Waals surface area (Å²) in [7, 11) is 1.88. The lowest BCUT2D eigenvalue weighted by Crippen LogP contribution is -2.41. The first kappa shape index (κ1) is 17.1. The van der Waals surface area contributed by atoms with Crippen molar-refractivity contribution in [3.05, 3.63) is 47.8 Å². The van der Waals surface area contributed by atoms with Gasteiger partial charge in [0.1, 0.15) is 0 Å². The van der Waals surface area contributed by atoms with Gasteiger partial charge in [0, 0.05) is 37.6 Å². The fourth-order valence-electron chi connectivity index (χ4n) is 4.09. The van der Waals surface area contributed by atoms with Crippen LogP contribution in [0.3, 0.4) is 0 Å². The first-order chi connectivity index (χ1) is 12.6. The molecule has 0 bridgehead atoms. The van der Waals surface area contributed by atoms with Crippen molar-refractivity contribution in [2.24, 2.45) is 13.0 Å². The molecule has 4 rings (SSSR count). The number of aryl methyl sites for hydroxylation is 1. The molecule has 1 aliphatic carbocycles. The van der Waals surface area contributed by atoms with Crippen LogP contribution in [0, 0.1) is 5.92 Å². The van der Waals surface area contributed by atoms with Crippen LogP contribution in [-0.2, 0) is 7.05 Å². The summed E-state index contributed by atoms with van der Waals surface area (Å²) in [5, 5.41) is 17.2. The van der Waals surface area contributed by atoms with Gasteiger partial charge in [-0.2, -0.15) is 5.10 Å². The van der Waals surface area contributed by atoms with Crippen molar-refractivity contribution in [2.45, 2.75) is 37.8 Å². The minimum atomic E-state index is -0.257. The van der Waals surface area contributed by atoms with Crippen molar-refractivity contribution < 1.29 is 9.90 Å². The summed E-state index contributed by atoms with van der Waals surface area (Å²) in [6, 6.07) is 7.73. The van der Waals surface area contributed by atoms with E-state index in [1.807, 2.05) is 43.7 Å². The van der Waals surface area contributed by atoms with Crippen molar-refractivity contribution in [1.82, 2.24) is 15.1 Å². The third-order valence-electron chi connectivity index (χ3n) is 5.59. The molecule has 1 saturated carbocycles. The van der Waals surface area contributed by atoms with E-state index in [1.165, 1.54) is 12.8 Å². The van der Waals surface area contributed by atoms with Crippen molar-refractivity contribution in [1.29, 1.82) is 0 Å². The third kappa shape index (κ3) is 3.33. The molecule has 6 nitrogen and oxygen atoms in total. The highest BCUT2D eigenvalue weighted by molar-refractivity contribution is 6.00. The van der Waals surface area contributed by atoms with Gasteiger partial charge >= 0.3 is 0 Å². The Kier molecular flexibility index (Phi) is 4.68. The predicted octanol–water partition coefficient (Wildman–Crippen LogP) is 2.26. The lowest BCUT2D eigenvalue weighted by Gasteiger charge is -2.37. The second-order valence-electron chi connectivity index (χ2n) is 7.50. The monoisotopic (exact) mass is 354 g/mol. The SMILES string of the molecule is Cn1cc(C(NC(=O)c2ccccc2N2CCCC2)C2CC(O)C2)cn1. The first-order valence-corrected chi connectivity index (χ1v) is 9.43. The van der Waals surface area contributed by atoms with Crippen LogP contribution in [0.4, 0.5) is 5.69 Å². The summed E-state index contributed by atoms with van der Waals surface area (Å²) >= 11 is 0. The topological polar surface area (TPSA) is 70.4 Å². The van der Waals surface area contributed by atoms with Gasteiger partial charge in [0.05, 0.1) is 23.9 Å². The number of hydrogen-bond acceptors (Lipinski definition) is 4. The van der Waals surface area contributed by atoms with Gasteiger partial charge in [-0.3, -0.25) is 9.48 Å². The van der Waals surface area contributed by atoms with Gasteiger partial charge in [-0.15, -0.1) is 0 Å². The lowest BCUT2D eigenvalue weighted by atomic mass is 9.75. The molecule has 2 N–H and O–H groups in total. The Balaban J connectivity index is 1.57. The Bertz CT molecular complexity index is 776. The van der Waals surface area contributed by atoms with Crippen LogP contribution < -0.4 is 10.2 Å². The lowest BCUT2D eigenvalue weighted by molar-refractivity contribution is 0.0235. The zero-order valence-electron chi connectivity index (χ0n) is 15.1. The second-order valence-corrected chi connectivity index (χ2v) is 7.50. The smallest absolute Gasteiger partial charge is 0.253 e. The Morgan fingerprint density at radius 2 is 2.00 bits per heavy atom. The van der Waals surface area contributed by atoms with E-state index in [4.69, 9.17) is 0 Å². The van der Waals surface area contributed by atoms with Crippen molar-refractivity contribution >= 4 is 11.6 Å². The van der Waals surface area contributed by atoms with Crippen LogP contribution in [0.15, 0.2) is 36.7 Å². The molecule has 1 aromatic heterocycles. The number of carbonyl (C=O) groups is 1. The van der Waals surface area contributed by atoms with Crippen LogP contribution in [0.25, 0.3) is 0 Å². The highest BCUT2D eigenvalue weighted by Crippen LogP contribution is 2.38. The van der Waals surface area contributed by atoms with Crippen molar-refractivity contribution in [3.8, 4) is 0 Å². The summed E-state index contributed by atoms with van der Waals surface area (Å²) in [5.41, 5.74) is 2.74. The number of para-hydroxylation sites is 1. The predicted molar refractivity (Wildman–Crippen MR) is 100 cm³/mol. The van der Waals surface area contributed by atoms with Gasteiger partial charge in [0.2, 0.25) is 0 Å². The molecular formula is C20H26N4O2. The number of nitrogens with zero attached hydrogens (tertiary/aromatic N) is 3. The molecule has 2 aliphatic rings. The Morgan fingerprint density at radius 3 is 2.65 bits per heavy atom. The van der Waals surface area contributed by atoms with E-state index in [1.54, 1.807) is 4.68 Å². The van der Waals surface area contributed by atoms with E-state index < -0.39 is 0 Å². The van der Waals surface area contributed by atoms with Gasteiger partial charge in [0.15, 0.2) is 0 Å². The zero-order chi connectivity index (χ0) is 18.1. The molecule has 0 radical (unpaired) electrons. The molecule has 2 aromatic rings. The largest absolute Gasteiger partial charge is 0.393 e. The normalized spacial score (nSPS) is 23.5. The van der Waals surface area contributed by atoms with Crippen LogP contribution in [-0.4, -0.2) is 40.0 Å². The first-order valence-electron chi connectivity index (χ1n) is 9.43. The van der Waals surface area contributed by atoms with Crippen molar-refractivity contribution in [3.63, 3.8) is 0 Å². The van der Waals surface area contributed by atoms with Crippen LogP contribution in [0.1, 0.15) is 47.6 Å². The molecule has 138 valence electrons. The number of aliphatic hydroxyl groups is 1. The van der Waals surface area contributed by atoms with Gasteiger partial charge in [0.25, 0.3) is 5.91 Å². The standard InChI is InChI=1S/C20H26N4O2/c1-23-13-15(12-21-23)19(14-10-16(25)11-14)22-20(26)17-6-2-3-7-18(17)24-8-4-5-9-24/h2-3,6-7,12-14,16,19,25H,4-5,8-11H2,1H3,(H,22,26). The number of anilines is 1. The summed E-state index contributed by atoms with van der Waals surface area (Å²) in [4.78, 5) is 15.4. The number of amides is 1. The van der Waals surface area contributed by atoms with Crippen LogP contribution >= 0.6 is 0 Å². The van der Waals surface area contributed by atoms with E-state index in [0.29, 0.717) is 12.8 Å². The van der Waals surface area contributed by atoms with Gasteiger partial charge in [-0.1, -0.05) is 12.1 Å². The number of benzene rings is 1. The summed E-state index contributed by atoms with van der Waals surface area (Å²) in [5.74, 6) is 0.194. The highest BCUT2D eigenvalue weighted by Gasteiger charge is 2.36. The van der Waals surface area contributed by atoms with Gasteiger partial charge in [-0.05, 0) is 43.7 Å². The van der Waals surface area contributed by atoms with E-state index in [0.717, 1.165) is 29.9 Å². The summed E-state index contributed by atoms with van der Waals surface area (Å²) in [6.07, 6.45) is 7.28.